The lowest BCUT2D eigenvalue weighted by atomic mass is 9.94. The first-order valence-corrected chi connectivity index (χ1v) is 11.1. The molecule has 4 heteroatoms. The van der Waals surface area contributed by atoms with Crippen LogP contribution in [0.2, 0.25) is 0 Å². The van der Waals surface area contributed by atoms with E-state index in [1.807, 2.05) is 12.1 Å². The van der Waals surface area contributed by atoms with E-state index in [9.17, 15) is 5.11 Å². The van der Waals surface area contributed by atoms with Crippen LogP contribution in [0, 0.1) is 6.92 Å². The Morgan fingerprint density at radius 2 is 1.79 bits per heavy atom. The van der Waals surface area contributed by atoms with Crippen LogP contribution >= 0.6 is 8.58 Å². The maximum absolute atomic E-state index is 10.6. The van der Waals surface area contributed by atoms with Crippen molar-refractivity contribution in [3.05, 3.63) is 53.1 Å². The highest BCUT2D eigenvalue weighted by Crippen LogP contribution is 2.49. The summed E-state index contributed by atoms with van der Waals surface area (Å²) in [6, 6.07) is 12.3. The van der Waals surface area contributed by atoms with Gasteiger partial charge in [-0.2, -0.15) is 0 Å². The third-order valence-corrected chi connectivity index (χ3v) is 6.86. The number of benzene rings is 2. The van der Waals surface area contributed by atoms with Gasteiger partial charge in [0.2, 0.25) is 0 Å². The van der Waals surface area contributed by atoms with Crippen LogP contribution in [0.3, 0.4) is 0 Å². The average molecular weight is 402 g/mol. The standard InChI is InChI=1S/C24H36NO2P/c1-8-13-24(6,20-15-19(27-7)10-11-21(20)26)28-22-12-9-17(2)14-18(22)16-25-23(3,4)5/h9-12,14-15,25-26,28H,8,13,16H2,1-7H3. The van der Waals surface area contributed by atoms with Gasteiger partial charge in [-0.3, -0.25) is 0 Å². The Kier molecular flexibility index (Phi) is 7.53. The van der Waals surface area contributed by atoms with Crippen molar-refractivity contribution in [2.45, 2.75) is 71.6 Å². The number of hydrogen-bond donors (Lipinski definition) is 2. The number of methoxy groups -OCH3 is 1. The molecule has 28 heavy (non-hydrogen) atoms. The van der Waals surface area contributed by atoms with E-state index in [0.29, 0.717) is 14.3 Å². The molecule has 0 amide bonds. The van der Waals surface area contributed by atoms with E-state index in [2.05, 4.69) is 65.1 Å². The first-order chi connectivity index (χ1) is 13.1. The molecule has 2 aromatic carbocycles. The number of nitrogens with one attached hydrogen (secondary N) is 1. The van der Waals surface area contributed by atoms with Gasteiger partial charge in [-0.15, -0.1) is 0 Å². The number of hydrogen-bond acceptors (Lipinski definition) is 3. The molecule has 0 fully saturated rings. The van der Waals surface area contributed by atoms with Crippen LogP contribution in [0.5, 0.6) is 11.5 Å². The molecule has 2 aromatic rings. The van der Waals surface area contributed by atoms with Gasteiger partial charge in [0.15, 0.2) is 0 Å². The number of aromatic hydroxyl groups is 1. The molecule has 0 bridgehead atoms. The van der Waals surface area contributed by atoms with E-state index in [0.717, 1.165) is 30.7 Å². The van der Waals surface area contributed by atoms with Crippen LogP contribution in [0.1, 0.15) is 64.2 Å². The molecule has 0 aromatic heterocycles. The number of phenols is 1. The normalized spacial score (nSPS) is 14.4. The van der Waals surface area contributed by atoms with E-state index in [1.165, 1.54) is 16.4 Å². The fourth-order valence-corrected chi connectivity index (χ4v) is 5.29. The quantitative estimate of drug-likeness (QED) is 0.565. The van der Waals surface area contributed by atoms with Gasteiger partial charge in [-0.25, -0.2) is 0 Å². The molecule has 2 rings (SSSR count). The molecule has 0 aliphatic heterocycles. The minimum absolute atomic E-state index is 0.0713. The van der Waals surface area contributed by atoms with Gasteiger partial charge in [0.25, 0.3) is 0 Å². The Labute approximate surface area is 172 Å². The lowest BCUT2D eigenvalue weighted by Crippen LogP contribution is -2.36. The first-order valence-electron chi connectivity index (χ1n) is 10.1. The summed E-state index contributed by atoms with van der Waals surface area (Å²) in [6.07, 6.45) is 2.06. The monoisotopic (exact) mass is 401 g/mol. The molecule has 0 saturated heterocycles. The van der Waals surface area contributed by atoms with Crippen molar-refractivity contribution < 1.29 is 9.84 Å². The summed E-state index contributed by atoms with van der Waals surface area (Å²) >= 11 is 0. The summed E-state index contributed by atoms with van der Waals surface area (Å²) in [4.78, 5) is 0. The van der Waals surface area contributed by atoms with E-state index >= 15 is 0 Å². The van der Waals surface area contributed by atoms with Gasteiger partial charge in [0.05, 0.1) is 7.11 Å². The van der Waals surface area contributed by atoms with E-state index in [4.69, 9.17) is 4.74 Å². The van der Waals surface area contributed by atoms with Gasteiger partial charge < -0.3 is 15.2 Å². The molecule has 2 N–H and O–H groups in total. The Morgan fingerprint density at radius 1 is 1.07 bits per heavy atom. The van der Waals surface area contributed by atoms with Gasteiger partial charge in [-0.1, -0.05) is 52.6 Å². The van der Waals surface area contributed by atoms with Crippen LogP contribution < -0.4 is 15.4 Å². The van der Waals surface area contributed by atoms with Crippen LogP contribution in [-0.2, 0) is 11.7 Å². The predicted octanol–water partition coefficient (Wildman–Crippen LogP) is 5.62. The van der Waals surface area contributed by atoms with Crippen molar-refractivity contribution >= 4 is 13.9 Å². The molecule has 3 nitrogen and oxygen atoms in total. The zero-order chi connectivity index (χ0) is 20.9. The molecule has 2 atom stereocenters. The average Bonchev–Trinajstić information content (AvgIpc) is 2.62. The Balaban J connectivity index is 2.44. The molecular weight excluding hydrogens is 365 g/mol. The molecule has 2 unspecified atom stereocenters. The van der Waals surface area contributed by atoms with Crippen molar-refractivity contribution in [1.29, 1.82) is 0 Å². The van der Waals surface area contributed by atoms with Gasteiger partial charge >= 0.3 is 0 Å². The number of rotatable bonds is 8. The fraction of sp³-hybridized carbons (Fsp3) is 0.500. The Morgan fingerprint density at radius 3 is 2.39 bits per heavy atom. The van der Waals surface area contributed by atoms with Crippen molar-refractivity contribution in [2.24, 2.45) is 0 Å². The molecule has 154 valence electrons. The van der Waals surface area contributed by atoms with Crippen molar-refractivity contribution in [3.63, 3.8) is 0 Å². The highest BCUT2D eigenvalue weighted by molar-refractivity contribution is 7.48. The molecule has 0 radical (unpaired) electrons. The third kappa shape index (κ3) is 5.96. The maximum Gasteiger partial charge on any atom is 0.119 e. The lowest BCUT2D eigenvalue weighted by molar-refractivity contribution is 0.407. The summed E-state index contributed by atoms with van der Waals surface area (Å²) in [5.74, 6) is 1.14. The van der Waals surface area contributed by atoms with E-state index in [1.54, 1.807) is 13.2 Å². The van der Waals surface area contributed by atoms with Gasteiger partial charge in [0, 0.05) is 22.8 Å². The number of phenolic OH excluding ortho intramolecular Hbond substituents is 1. The predicted molar refractivity (Wildman–Crippen MR) is 123 cm³/mol. The molecule has 0 spiro atoms. The van der Waals surface area contributed by atoms with Crippen molar-refractivity contribution in [2.75, 3.05) is 7.11 Å². The minimum atomic E-state index is -0.140. The lowest BCUT2D eigenvalue weighted by Gasteiger charge is -2.32. The van der Waals surface area contributed by atoms with Gasteiger partial charge in [0.1, 0.15) is 11.5 Å². The summed E-state index contributed by atoms with van der Waals surface area (Å²) in [7, 11) is 2.23. The number of ether oxygens (including phenoxy) is 1. The number of aryl methyl sites for hydroxylation is 1. The summed E-state index contributed by atoms with van der Waals surface area (Å²) in [6.45, 7) is 14.1. The van der Waals surface area contributed by atoms with Crippen molar-refractivity contribution in [3.8, 4) is 11.5 Å². The second-order valence-electron chi connectivity index (χ2n) is 8.85. The smallest absolute Gasteiger partial charge is 0.119 e. The summed E-state index contributed by atoms with van der Waals surface area (Å²) in [5, 5.41) is 15.5. The van der Waals surface area contributed by atoms with Gasteiger partial charge in [-0.05, 0) is 63.2 Å². The Hall–Kier alpha value is -1.57. The van der Waals surface area contributed by atoms with E-state index in [-0.39, 0.29) is 10.7 Å². The van der Waals surface area contributed by atoms with Crippen LogP contribution in [0.4, 0.5) is 0 Å². The summed E-state index contributed by atoms with van der Waals surface area (Å²) < 4.78 is 5.43. The topological polar surface area (TPSA) is 41.5 Å². The SMILES string of the molecule is CCCC(C)(Pc1ccc(C)cc1CNC(C)(C)C)c1cc(OC)ccc1O. The minimum Gasteiger partial charge on any atom is -0.508 e. The van der Waals surface area contributed by atoms with Crippen LogP contribution in [0.25, 0.3) is 0 Å². The van der Waals surface area contributed by atoms with E-state index < -0.39 is 0 Å². The highest BCUT2D eigenvalue weighted by atomic mass is 31.1. The first kappa shape index (κ1) is 22.7. The van der Waals surface area contributed by atoms with Crippen molar-refractivity contribution in [1.82, 2.24) is 5.32 Å². The fourth-order valence-electron chi connectivity index (χ4n) is 3.50. The molecule has 0 heterocycles. The Bertz CT molecular complexity index is 798. The molecule has 0 saturated carbocycles. The van der Waals surface area contributed by atoms with Crippen LogP contribution in [-0.4, -0.2) is 17.8 Å². The largest absolute Gasteiger partial charge is 0.508 e. The third-order valence-electron chi connectivity index (χ3n) is 5.03. The maximum atomic E-state index is 10.6. The second-order valence-corrected chi connectivity index (χ2v) is 10.7. The molecule has 0 aliphatic carbocycles. The zero-order valence-corrected chi connectivity index (χ0v) is 19.4. The molecule has 0 aliphatic rings. The highest BCUT2D eigenvalue weighted by Gasteiger charge is 2.30. The van der Waals surface area contributed by atoms with Crippen LogP contribution in [0.15, 0.2) is 36.4 Å². The summed E-state index contributed by atoms with van der Waals surface area (Å²) in [5.41, 5.74) is 3.67. The second kappa shape index (κ2) is 9.29. The zero-order valence-electron chi connectivity index (χ0n) is 18.4. The molecular formula is C24H36NO2P.